The molecule has 3 rings (SSSR count). The second-order valence-electron chi connectivity index (χ2n) is 10.1. The van der Waals surface area contributed by atoms with Gasteiger partial charge in [-0.1, -0.05) is 93.8 Å². The van der Waals surface area contributed by atoms with Crippen LogP contribution in [0.15, 0.2) is 102 Å². The minimum absolute atomic E-state index is 0.0899. The molecular formula is C35H45N3O2. The summed E-state index contributed by atoms with van der Waals surface area (Å²) in [6.07, 6.45) is 16.0. The number of H-pyrrole nitrogens is 1. The van der Waals surface area contributed by atoms with Crippen LogP contribution in [0.4, 0.5) is 0 Å². The topological polar surface area (TPSA) is 58.2 Å². The first-order valence-corrected chi connectivity index (χ1v) is 13.8. The first-order valence-electron chi connectivity index (χ1n) is 13.8. The monoisotopic (exact) mass is 539 g/mol. The van der Waals surface area contributed by atoms with E-state index in [2.05, 4.69) is 55.2 Å². The molecule has 1 aromatic heterocycles. The zero-order valence-corrected chi connectivity index (χ0v) is 25.3. The molecule has 1 amide bonds. The molecule has 1 aliphatic heterocycles. The van der Waals surface area contributed by atoms with Gasteiger partial charge >= 0.3 is 0 Å². The number of carbonyl (C=O) groups excluding carboxylic acids is 1. The summed E-state index contributed by atoms with van der Waals surface area (Å²) in [5.41, 5.74) is 7.38. The van der Waals surface area contributed by atoms with Crippen LogP contribution < -0.4 is 0 Å². The van der Waals surface area contributed by atoms with E-state index in [4.69, 9.17) is 4.74 Å². The van der Waals surface area contributed by atoms with Gasteiger partial charge in [0.25, 0.3) is 5.91 Å². The van der Waals surface area contributed by atoms with E-state index < -0.39 is 0 Å². The highest BCUT2D eigenvalue weighted by molar-refractivity contribution is 5.92. The van der Waals surface area contributed by atoms with Gasteiger partial charge in [0.15, 0.2) is 5.76 Å². The van der Waals surface area contributed by atoms with Crippen LogP contribution in [0.2, 0.25) is 0 Å². The predicted octanol–water partition coefficient (Wildman–Crippen LogP) is 8.90. The zero-order valence-electron chi connectivity index (χ0n) is 25.3. The maximum atomic E-state index is 13.4. The van der Waals surface area contributed by atoms with Crippen molar-refractivity contribution in [2.75, 3.05) is 6.54 Å². The normalized spacial score (nSPS) is 14.7. The Balaban J connectivity index is 0.000000425. The maximum absolute atomic E-state index is 13.4. The smallest absolute Gasteiger partial charge is 0.289 e. The van der Waals surface area contributed by atoms with Crippen LogP contribution in [-0.4, -0.2) is 27.3 Å². The highest BCUT2D eigenvalue weighted by Gasteiger charge is 2.31. The molecule has 0 aliphatic carbocycles. The third-order valence-electron chi connectivity index (χ3n) is 6.43. The van der Waals surface area contributed by atoms with Crippen molar-refractivity contribution < 1.29 is 9.53 Å². The Kier molecular flexibility index (Phi) is 12.9. The number of allylic oxidation sites excluding steroid dienone is 8. The van der Waals surface area contributed by atoms with E-state index in [1.54, 1.807) is 12.4 Å². The van der Waals surface area contributed by atoms with Gasteiger partial charge in [0, 0.05) is 12.5 Å². The van der Waals surface area contributed by atoms with Crippen LogP contribution in [0.3, 0.4) is 0 Å². The fraction of sp³-hybridized carbons (Fsp3) is 0.314. The lowest BCUT2D eigenvalue weighted by atomic mass is 10.0. The second-order valence-corrected chi connectivity index (χ2v) is 10.1. The fourth-order valence-electron chi connectivity index (χ4n) is 4.44. The quantitative estimate of drug-likeness (QED) is 0.197. The summed E-state index contributed by atoms with van der Waals surface area (Å²) in [6, 6.07) is 8.19. The van der Waals surface area contributed by atoms with Crippen LogP contribution in [0.1, 0.15) is 83.3 Å². The number of imidazole rings is 1. The van der Waals surface area contributed by atoms with Crippen LogP contribution in [0, 0.1) is 0 Å². The minimum atomic E-state index is -0.0899. The highest BCUT2D eigenvalue weighted by Crippen LogP contribution is 2.29. The molecule has 0 bridgehead atoms. The van der Waals surface area contributed by atoms with E-state index in [1.807, 2.05) is 82.0 Å². The molecule has 0 saturated heterocycles. The average Bonchev–Trinajstić information content (AvgIpc) is 3.42. The number of ether oxygens (including phenoxy) is 1. The highest BCUT2D eigenvalue weighted by atomic mass is 16.5. The van der Waals surface area contributed by atoms with Gasteiger partial charge in [0.1, 0.15) is 5.76 Å². The van der Waals surface area contributed by atoms with E-state index in [0.717, 1.165) is 40.3 Å². The number of benzene rings is 1. The molecule has 1 atom stereocenters. The molecule has 40 heavy (non-hydrogen) atoms. The van der Waals surface area contributed by atoms with Crippen molar-refractivity contribution in [2.45, 2.75) is 67.3 Å². The molecule has 5 nitrogen and oxygen atoms in total. The van der Waals surface area contributed by atoms with Crippen LogP contribution >= 0.6 is 0 Å². The number of hydrogen-bond donors (Lipinski definition) is 1. The average molecular weight is 540 g/mol. The van der Waals surface area contributed by atoms with Gasteiger partial charge in [0.2, 0.25) is 0 Å². The molecule has 5 heteroatoms. The van der Waals surface area contributed by atoms with E-state index in [0.29, 0.717) is 18.8 Å². The summed E-state index contributed by atoms with van der Waals surface area (Å²) >= 11 is 0. The van der Waals surface area contributed by atoms with Crippen molar-refractivity contribution in [2.24, 2.45) is 0 Å². The van der Waals surface area contributed by atoms with Crippen molar-refractivity contribution in [3.05, 3.63) is 125 Å². The van der Waals surface area contributed by atoms with Crippen molar-refractivity contribution >= 4 is 18.1 Å². The van der Waals surface area contributed by atoms with E-state index in [1.165, 1.54) is 11.1 Å². The third kappa shape index (κ3) is 8.70. The lowest BCUT2D eigenvalue weighted by Crippen LogP contribution is -2.39. The molecule has 0 spiro atoms. The first-order chi connectivity index (χ1) is 19.2. The molecule has 1 N–H and O–H groups in total. The van der Waals surface area contributed by atoms with Crippen LogP contribution in [0.5, 0.6) is 0 Å². The summed E-state index contributed by atoms with van der Waals surface area (Å²) in [5.74, 6) is 1.24. The Morgan fingerprint density at radius 2 is 1.77 bits per heavy atom. The molecule has 2 heterocycles. The number of carbonyl (C=O) groups is 1. The largest absolute Gasteiger partial charge is 0.451 e. The number of aromatic amines is 1. The second kappa shape index (κ2) is 16.1. The Morgan fingerprint density at radius 3 is 2.35 bits per heavy atom. The molecule has 0 radical (unpaired) electrons. The summed E-state index contributed by atoms with van der Waals surface area (Å²) in [4.78, 5) is 22.8. The fourth-order valence-corrected chi connectivity index (χ4v) is 4.44. The van der Waals surface area contributed by atoms with Crippen molar-refractivity contribution in [1.29, 1.82) is 0 Å². The number of aromatic nitrogens is 2. The van der Waals surface area contributed by atoms with Crippen LogP contribution in [0.25, 0.3) is 12.2 Å². The van der Waals surface area contributed by atoms with E-state index in [9.17, 15) is 4.79 Å². The van der Waals surface area contributed by atoms with Crippen LogP contribution in [-0.2, 0) is 16.1 Å². The number of nitrogens with one attached hydrogen (secondary N) is 1. The lowest BCUT2D eigenvalue weighted by molar-refractivity contribution is -0.131. The number of hydrogen-bond acceptors (Lipinski definition) is 3. The van der Waals surface area contributed by atoms with E-state index in [-0.39, 0.29) is 11.8 Å². The van der Waals surface area contributed by atoms with Crippen molar-refractivity contribution in [1.82, 2.24) is 14.9 Å². The summed E-state index contributed by atoms with van der Waals surface area (Å²) in [6.45, 7) is 22.6. The number of rotatable bonds is 9. The lowest BCUT2D eigenvalue weighted by Gasteiger charge is -2.31. The van der Waals surface area contributed by atoms with E-state index >= 15 is 0 Å². The summed E-state index contributed by atoms with van der Waals surface area (Å²) in [7, 11) is 0. The van der Waals surface area contributed by atoms with Gasteiger partial charge in [0.05, 0.1) is 24.3 Å². The SMILES string of the molecule is C=C/C=C\C=C(/CC)C(OC(C(=O)N1Cc2[nH]cnc2C(C)C1)=C(C)C)=C(C)C.C=Cc1ccccc1/C=C\C. The Morgan fingerprint density at radius 1 is 1.10 bits per heavy atom. The maximum Gasteiger partial charge on any atom is 0.289 e. The Bertz CT molecular complexity index is 1330. The van der Waals surface area contributed by atoms with Gasteiger partial charge in [-0.05, 0) is 68.9 Å². The molecule has 212 valence electrons. The number of amides is 1. The number of fused-ring (bicyclic) bond motifs is 1. The third-order valence-corrected chi connectivity index (χ3v) is 6.43. The van der Waals surface area contributed by atoms with Gasteiger partial charge in [-0.25, -0.2) is 4.98 Å². The summed E-state index contributed by atoms with van der Waals surface area (Å²) < 4.78 is 6.29. The Hall–Kier alpha value is -4.12. The predicted molar refractivity (Wildman–Crippen MR) is 169 cm³/mol. The summed E-state index contributed by atoms with van der Waals surface area (Å²) in [5, 5.41) is 0. The standard InChI is InChI=1S/C24H33N3O2.C11H12/c1-8-10-11-12-19(9-2)22(16(3)4)29-23(17(5)6)24(28)27-13-18(7)21-20(14-27)25-15-26-21;1-3-7-11-9-6-5-8-10(11)4-2/h8,10-12,15,18H,1,9,13-14H2,2-7H3,(H,25,26);3-9H,2H2,1H3/b11-10-,19-12+;7-3-. The molecule has 2 aromatic rings. The minimum Gasteiger partial charge on any atom is -0.451 e. The zero-order chi connectivity index (χ0) is 29.7. The first kappa shape index (κ1) is 32.1. The number of nitrogens with zero attached hydrogens (tertiary/aromatic N) is 2. The van der Waals surface area contributed by atoms with Crippen molar-refractivity contribution in [3.8, 4) is 0 Å². The Labute approximate surface area is 241 Å². The molecule has 0 saturated carbocycles. The van der Waals surface area contributed by atoms with Gasteiger partial charge in [-0.2, -0.15) is 0 Å². The van der Waals surface area contributed by atoms with Gasteiger partial charge in [-0.3, -0.25) is 4.79 Å². The van der Waals surface area contributed by atoms with Gasteiger partial charge in [-0.15, -0.1) is 0 Å². The molecule has 1 aromatic carbocycles. The van der Waals surface area contributed by atoms with Gasteiger partial charge < -0.3 is 14.6 Å². The van der Waals surface area contributed by atoms with Crippen molar-refractivity contribution in [3.63, 3.8) is 0 Å². The molecular weight excluding hydrogens is 494 g/mol. The molecule has 1 aliphatic rings. The molecule has 1 unspecified atom stereocenters. The molecule has 0 fully saturated rings.